The number of hydrogen-bond acceptors (Lipinski definition) is 3. The zero-order valence-corrected chi connectivity index (χ0v) is 17.9. The molecular formula is C24H26N2O3S. The van der Waals surface area contributed by atoms with Gasteiger partial charge in [0, 0.05) is 17.3 Å². The van der Waals surface area contributed by atoms with E-state index in [9.17, 15) is 13.2 Å². The Morgan fingerprint density at radius 2 is 1.53 bits per heavy atom. The zero-order valence-electron chi connectivity index (χ0n) is 17.1. The molecule has 1 atom stereocenters. The lowest BCUT2D eigenvalue weighted by molar-refractivity contribution is 0.0938. The molecule has 0 fully saturated rings. The Balaban J connectivity index is 1.56. The number of aryl methyl sites for hydroxylation is 2. The molecule has 0 bridgehead atoms. The minimum atomic E-state index is -3.67. The Morgan fingerprint density at radius 1 is 0.900 bits per heavy atom. The molecule has 0 saturated carbocycles. The Morgan fingerprint density at radius 3 is 2.17 bits per heavy atom. The second-order valence-electron chi connectivity index (χ2n) is 7.39. The summed E-state index contributed by atoms with van der Waals surface area (Å²) < 4.78 is 27.5. The van der Waals surface area contributed by atoms with E-state index in [0.717, 1.165) is 18.4 Å². The van der Waals surface area contributed by atoms with Crippen molar-refractivity contribution in [1.29, 1.82) is 0 Å². The highest BCUT2D eigenvalue weighted by atomic mass is 32.2. The topological polar surface area (TPSA) is 75.3 Å². The lowest BCUT2D eigenvalue weighted by Crippen LogP contribution is -2.32. The van der Waals surface area contributed by atoms with Gasteiger partial charge in [-0.3, -0.25) is 9.52 Å². The van der Waals surface area contributed by atoms with Crippen LogP contribution in [0.3, 0.4) is 0 Å². The first kappa shape index (κ1) is 21.6. The maximum absolute atomic E-state index is 12.5. The summed E-state index contributed by atoms with van der Waals surface area (Å²) in [6.45, 7) is 3.88. The van der Waals surface area contributed by atoms with Crippen LogP contribution in [-0.2, 0) is 16.4 Å². The average Bonchev–Trinajstić information content (AvgIpc) is 2.73. The quantitative estimate of drug-likeness (QED) is 0.559. The SMILES string of the molecule is Cc1ccc(S(=O)(=O)Nc2ccc(C(=O)N[C@@H](C)CCc3ccccc3)cc2)cc1. The van der Waals surface area contributed by atoms with Gasteiger partial charge in [0.2, 0.25) is 0 Å². The van der Waals surface area contributed by atoms with E-state index in [1.807, 2.05) is 32.0 Å². The molecule has 3 aromatic carbocycles. The van der Waals surface area contributed by atoms with Gasteiger partial charge in [0.1, 0.15) is 0 Å². The molecule has 0 unspecified atom stereocenters. The van der Waals surface area contributed by atoms with E-state index in [1.165, 1.54) is 5.56 Å². The van der Waals surface area contributed by atoms with Crippen molar-refractivity contribution in [2.45, 2.75) is 37.6 Å². The van der Waals surface area contributed by atoms with Crippen LogP contribution in [0.2, 0.25) is 0 Å². The third-order valence-corrected chi connectivity index (χ3v) is 6.21. The Labute approximate surface area is 178 Å². The lowest BCUT2D eigenvalue weighted by Gasteiger charge is -2.14. The second kappa shape index (κ2) is 9.59. The summed E-state index contributed by atoms with van der Waals surface area (Å²) in [7, 11) is -3.67. The molecule has 3 aromatic rings. The van der Waals surface area contributed by atoms with Crippen LogP contribution in [0.15, 0.2) is 83.8 Å². The van der Waals surface area contributed by atoms with E-state index in [4.69, 9.17) is 0 Å². The van der Waals surface area contributed by atoms with Gasteiger partial charge < -0.3 is 5.32 Å². The van der Waals surface area contributed by atoms with E-state index in [1.54, 1.807) is 48.5 Å². The van der Waals surface area contributed by atoms with Crippen molar-refractivity contribution in [3.8, 4) is 0 Å². The fraction of sp³-hybridized carbons (Fsp3) is 0.208. The summed E-state index contributed by atoms with van der Waals surface area (Å²) in [6.07, 6.45) is 1.73. The van der Waals surface area contributed by atoms with E-state index >= 15 is 0 Å². The monoisotopic (exact) mass is 422 g/mol. The third kappa shape index (κ3) is 5.94. The van der Waals surface area contributed by atoms with Crippen LogP contribution in [0, 0.1) is 6.92 Å². The van der Waals surface area contributed by atoms with Gasteiger partial charge in [-0.1, -0.05) is 48.0 Å². The van der Waals surface area contributed by atoms with Crippen LogP contribution < -0.4 is 10.0 Å². The van der Waals surface area contributed by atoms with Crippen LogP contribution in [0.5, 0.6) is 0 Å². The molecule has 0 aliphatic rings. The molecule has 0 aliphatic heterocycles. The number of nitrogens with one attached hydrogen (secondary N) is 2. The van der Waals surface area contributed by atoms with Gasteiger partial charge in [0.25, 0.3) is 15.9 Å². The summed E-state index contributed by atoms with van der Waals surface area (Å²) in [5.74, 6) is -0.177. The van der Waals surface area contributed by atoms with Crippen molar-refractivity contribution in [1.82, 2.24) is 5.32 Å². The van der Waals surface area contributed by atoms with Crippen LogP contribution in [0.25, 0.3) is 0 Å². The summed E-state index contributed by atoms with van der Waals surface area (Å²) in [4.78, 5) is 12.7. The van der Waals surface area contributed by atoms with Gasteiger partial charge in [-0.2, -0.15) is 0 Å². The highest BCUT2D eigenvalue weighted by molar-refractivity contribution is 7.92. The summed E-state index contributed by atoms with van der Waals surface area (Å²) >= 11 is 0. The molecule has 30 heavy (non-hydrogen) atoms. The minimum absolute atomic E-state index is 0.0254. The molecule has 0 radical (unpaired) electrons. The number of carbonyl (C=O) groups excluding carboxylic acids is 1. The molecule has 0 saturated heterocycles. The number of amides is 1. The Kier molecular flexibility index (Phi) is 6.90. The van der Waals surface area contributed by atoms with E-state index in [-0.39, 0.29) is 16.8 Å². The van der Waals surface area contributed by atoms with Crippen molar-refractivity contribution in [2.75, 3.05) is 4.72 Å². The van der Waals surface area contributed by atoms with E-state index in [2.05, 4.69) is 22.2 Å². The minimum Gasteiger partial charge on any atom is -0.350 e. The molecule has 3 rings (SSSR count). The summed E-state index contributed by atoms with van der Waals surface area (Å²) in [5, 5.41) is 2.99. The Bertz CT molecular complexity index is 1080. The molecule has 156 valence electrons. The smallest absolute Gasteiger partial charge is 0.261 e. The number of benzene rings is 3. The first-order chi connectivity index (χ1) is 14.3. The van der Waals surface area contributed by atoms with Crippen molar-refractivity contribution in [2.24, 2.45) is 0 Å². The molecule has 6 heteroatoms. The molecule has 0 aliphatic carbocycles. The van der Waals surface area contributed by atoms with Gasteiger partial charge in [-0.05, 0) is 68.7 Å². The first-order valence-corrected chi connectivity index (χ1v) is 11.4. The van der Waals surface area contributed by atoms with Crippen molar-refractivity contribution >= 4 is 21.6 Å². The summed E-state index contributed by atoms with van der Waals surface area (Å²) in [5.41, 5.74) is 3.12. The summed E-state index contributed by atoms with van der Waals surface area (Å²) in [6, 6.07) is 23.2. The molecular weight excluding hydrogens is 396 g/mol. The van der Waals surface area contributed by atoms with Crippen LogP contribution in [0.4, 0.5) is 5.69 Å². The Hall–Kier alpha value is -3.12. The highest BCUT2D eigenvalue weighted by Crippen LogP contribution is 2.17. The molecule has 0 aromatic heterocycles. The van der Waals surface area contributed by atoms with Gasteiger partial charge in [0.15, 0.2) is 0 Å². The van der Waals surface area contributed by atoms with Crippen LogP contribution in [0.1, 0.15) is 34.8 Å². The van der Waals surface area contributed by atoms with Gasteiger partial charge >= 0.3 is 0 Å². The predicted octanol–water partition coefficient (Wildman–Crippen LogP) is 4.55. The van der Waals surface area contributed by atoms with Gasteiger partial charge in [-0.25, -0.2) is 8.42 Å². The first-order valence-electron chi connectivity index (χ1n) is 9.88. The molecule has 0 spiro atoms. The number of carbonyl (C=O) groups is 1. The molecule has 2 N–H and O–H groups in total. The standard InChI is InChI=1S/C24H26N2O3S/c1-18-8-16-23(17-9-18)30(28,29)26-22-14-12-21(13-15-22)24(27)25-19(2)10-11-20-6-4-3-5-7-20/h3-9,12-17,19,26H,10-11H2,1-2H3,(H,25,27)/t19-/m0/s1. The van der Waals surface area contributed by atoms with Crippen molar-refractivity contribution in [3.05, 3.63) is 95.6 Å². The normalized spacial score (nSPS) is 12.2. The number of anilines is 1. The fourth-order valence-corrected chi connectivity index (χ4v) is 4.09. The maximum atomic E-state index is 12.5. The molecule has 0 heterocycles. The third-order valence-electron chi connectivity index (χ3n) is 4.82. The highest BCUT2D eigenvalue weighted by Gasteiger charge is 2.15. The van der Waals surface area contributed by atoms with Crippen molar-refractivity contribution in [3.63, 3.8) is 0 Å². The molecule has 1 amide bonds. The zero-order chi connectivity index (χ0) is 21.6. The van der Waals surface area contributed by atoms with Gasteiger partial charge in [-0.15, -0.1) is 0 Å². The fourth-order valence-electron chi connectivity index (χ4n) is 3.03. The van der Waals surface area contributed by atoms with Gasteiger partial charge in [0.05, 0.1) is 4.90 Å². The number of sulfonamides is 1. The predicted molar refractivity (Wildman–Crippen MR) is 120 cm³/mol. The van der Waals surface area contributed by atoms with E-state index < -0.39 is 10.0 Å². The van der Waals surface area contributed by atoms with E-state index in [0.29, 0.717) is 11.3 Å². The lowest BCUT2D eigenvalue weighted by atomic mass is 10.1. The molecule has 5 nitrogen and oxygen atoms in total. The maximum Gasteiger partial charge on any atom is 0.261 e. The average molecular weight is 423 g/mol. The number of rotatable bonds is 8. The largest absolute Gasteiger partial charge is 0.350 e. The van der Waals surface area contributed by atoms with Crippen LogP contribution in [-0.4, -0.2) is 20.4 Å². The second-order valence-corrected chi connectivity index (χ2v) is 9.08. The van der Waals surface area contributed by atoms with Crippen molar-refractivity contribution < 1.29 is 13.2 Å². The number of hydrogen-bond donors (Lipinski definition) is 2. The van der Waals surface area contributed by atoms with Crippen LogP contribution >= 0.6 is 0 Å².